The van der Waals surface area contributed by atoms with Gasteiger partial charge in [0.25, 0.3) is 5.91 Å². The molecule has 0 bridgehead atoms. The van der Waals surface area contributed by atoms with Crippen molar-refractivity contribution in [1.82, 2.24) is 0 Å². The largest absolute Gasteiger partial charge is 0.325 e. The van der Waals surface area contributed by atoms with Gasteiger partial charge in [-0.1, -0.05) is 6.07 Å². The lowest BCUT2D eigenvalue weighted by Crippen LogP contribution is -3.17. The number of piperidine rings is 1. The molecule has 0 radical (unpaired) electrons. The molecule has 0 aromatic heterocycles. The third-order valence-electron chi connectivity index (χ3n) is 3.92. The van der Waals surface area contributed by atoms with Crippen LogP contribution in [0.1, 0.15) is 26.2 Å². The first-order valence-corrected chi connectivity index (χ1v) is 8.68. The molecule has 21 heavy (non-hydrogen) atoms. The maximum absolute atomic E-state index is 12.1. The summed E-state index contributed by atoms with van der Waals surface area (Å²) in [7, 11) is -3.75. The van der Waals surface area contributed by atoms with Crippen LogP contribution < -0.4 is 15.4 Å². The van der Waals surface area contributed by atoms with Crippen molar-refractivity contribution >= 4 is 21.6 Å². The van der Waals surface area contributed by atoms with Gasteiger partial charge in [0.15, 0.2) is 6.54 Å². The highest BCUT2D eigenvalue weighted by molar-refractivity contribution is 7.89. The lowest BCUT2D eigenvalue weighted by atomic mass is 10.0. The summed E-state index contributed by atoms with van der Waals surface area (Å²) in [4.78, 5) is 13.4. The number of nitrogens with two attached hydrogens (primary N) is 1. The van der Waals surface area contributed by atoms with E-state index in [0.717, 1.165) is 19.4 Å². The van der Waals surface area contributed by atoms with E-state index in [9.17, 15) is 13.2 Å². The minimum absolute atomic E-state index is 0.000937. The predicted octanol–water partition coefficient (Wildman–Crippen LogP) is -0.270. The van der Waals surface area contributed by atoms with E-state index in [4.69, 9.17) is 5.14 Å². The van der Waals surface area contributed by atoms with Crippen molar-refractivity contribution < 1.29 is 18.1 Å². The Kier molecular flexibility index (Phi) is 4.97. The quantitative estimate of drug-likeness (QED) is 0.714. The van der Waals surface area contributed by atoms with Crippen molar-refractivity contribution in [3.05, 3.63) is 24.3 Å². The molecular formula is C14H22N3O3S+. The highest BCUT2D eigenvalue weighted by Gasteiger charge is 2.24. The van der Waals surface area contributed by atoms with Crippen molar-refractivity contribution in [2.24, 2.45) is 5.14 Å². The summed E-state index contributed by atoms with van der Waals surface area (Å²) in [6, 6.07) is 6.48. The molecule has 1 aromatic rings. The van der Waals surface area contributed by atoms with Crippen molar-refractivity contribution in [2.45, 2.75) is 37.1 Å². The van der Waals surface area contributed by atoms with Crippen LogP contribution in [0, 0.1) is 0 Å². The number of nitrogens with one attached hydrogen (secondary N) is 2. The SMILES string of the molecule is C[C@@H]1CCCC[NH+]1CC(=O)Nc1cccc(S(N)(=O)=O)c1. The summed E-state index contributed by atoms with van der Waals surface area (Å²) in [5, 5.41) is 7.82. The molecule has 1 saturated heterocycles. The summed E-state index contributed by atoms with van der Waals surface area (Å²) >= 11 is 0. The van der Waals surface area contributed by atoms with Crippen LogP contribution >= 0.6 is 0 Å². The van der Waals surface area contributed by atoms with Crippen LogP contribution in [0.25, 0.3) is 0 Å². The third-order valence-corrected chi connectivity index (χ3v) is 4.83. The molecule has 0 spiro atoms. The van der Waals surface area contributed by atoms with Gasteiger partial charge in [0.2, 0.25) is 10.0 Å². The average molecular weight is 312 g/mol. The third kappa shape index (κ3) is 4.52. The van der Waals surface area contributed by atoms with Crippen LogP contribution in [0.4, 0.5) is 5.69 Å². The number of primary sulfonamides is 1. The van der Waals surface area contributed by atoms with E-state index in [0.29, 0.717) is 18.3 Å². The molecule has 1 unspecified atom stereocenters. The molecule has 1 aliphatic rings. The van der Waals surface area contributed by atoms with E-state index in [1.54, 1.807) is 12.1 Å². The number of hydrogen-bond acceptors (Lipinski definition) is 3. The highest BCUT2D eigenvalue weighted by Crippen LogP contribution is 2.13. The Labute approximate surface area is 125 Å². The Morgan fingerprint density at radius 1 is 1.43 bits per heavy atom. The van der Waals surface area contributed by atoms with Crippen LogP contribution in [0.15, 0.2) is 29.2 Å². The number of hydrogen-bond donors (Lipinski definition) is 3. The van der Waals surface area contributed by atoms with E-state index in [1.807, 2.05) is 0 Å². The number of amides is 1. The standard InChI is InChI=1S/C14H21N3O3S/c1-11-5-2-3-8-17(11)10-14(18)16-12-6-4-7-13(9-12)21(15,19)20/h4,6-7,9,11H,2-3,5,8,10H2,1H3,(H,16,18)(H2,15,19,20)/p+1/t11-/m1/s1. The zero-order valence-corrected chi connectivity index (χ0v) is 12.9. The normalized spacial score (nSPS) is 22.8. The molecule has 1 fully saturated rings. The second-order valence-electron chi connectivity index (χ2n) is 5.60. The van der Waals surface area contributed by atoms with Gasteiger partial charge in [-0.25, -0.2) is 13.6 Å². The van der Waals surface area contributed by atoms with Gasteiger partial charge in [0, 0.05) is 5.69 Å². The van der Waals surface area contributed by atoms with Crippen molar-refractivity contribution in [2.75, 3.05) is 18.4 Å². The number of rotatable bonds is 4. The first kappa shape index (κ1) is 15.9. The van der Waals surface area contributed by atoms with Crippen molar-refractivity contribution in [1.29, 1.82) is 0 Å². The zero-order valence-electron chi connectivity index (χ0n) is 12.1. The summed E-state index contributed by atoms with van der Waals surface area (Å²) in [5.74, 6) is -0.106. The van der Waals surface area contributed by atoms with Crippen LogP contribution in [0.3, 0.4) is 0 Å². The fourth-order valence-electron chi connectivity index (χ4n) is 2.68. The first-order valence-electron chi connectivity index (χ1n) is 7.13. The average Bonchev–Trinajstić information content (AvgIpc) is 2.41. The fourth-order valence-corrected chi connectivity index (χ4v) is 3.24. The molecule has 0 aliphatic carbocycles. The van der Waals surface area contributed by atoms with E-state index in [2.05, 4.69) is 12.2 Å². The molecule has 6 nitrogen and oxygen atoms in total. The molecule has 116 valence electrons. The van der Waals surface area contributed by atoms with Gasteiger partial charge in [-0.15, -0.1) is 0 Å². The summed E-state index contributed by atoms with van der Waals surface area (Å²) in [5.41, 5.74) is 0.454. The molecule has 1 amide bonds. The lowest BCUT2D eigenvalue weighted by molar-refractivity contribution is -0.920. The van der Waals surface area contributed by atoms with Crippen LogP contribution in [0.5, 0.6) is 0 Å². The molecule has 2 atom stereocenters. The number of sulfonamides is 1. The van der Waals surface area contributed by atoms with Gasteiger partial charge in [-0.2, -0.15) is 0 Å². The molecule has 1 aromatic carbocycles. The van der Waals surface area contributed by atoms with Gasteiger partial charge in [-0.05, 0) is 44.4 Å². The van der Waals surface area contributed by atoms with Crippen molar-refractivity contribution in [3.8, 4) is 0 Å². The van der Waals surface area contributed by atoms with Crippen molar-refractivity contribution in [3.63, 3.8) is 0 Å². The molecule has 1 heterocycles. The Balaban J connectivity index is 1.99. The lowest BCUT2D eigenvalue weighted by Gasteiger charge is -2.29. The number of likely N-dealkylation sites (tertiary alicyclic amines) is 1. The minimum atomic E-state index is -3.75. The molecule has 4 N–H and O–H groups in total. The molecular weight excluding hydrogens is 290 g/mol. The molecule has 7 heteroatoms. The zero-order chi connectivity index (χ0) is 15.5. The maximum atomic E-state index is 12.1. The second kappa shape index (κ2) is 6.55. The Morgan fingerprint density at radius 3 is 2.86 bits per heavy atom. The summed E-state index contributed by atoms with van der Waals surface area (Å²) in [6.45, 7) is 3.57. The summed E-state index contributed by atoms with van der Waals surface area (Å²) < 4.78 is 22.6. The van der Waals surface area contributed by atoms with Gasteiger partial charge >= 0.3 is 0 Å². The number of benzene rings is 1. The fraction of sp³-hybridized carbons (Fsp3) is 0.500. The topological polar surface area (TPSA) is 93.7 Å². The molecule has 0 saturated carbocycles. The van der Waals surface area contributed by atoms with Crippen LogP contribution in [-0.2, 0) is 14.8 Å². The van der Waals surface area contributed by atoms with Gasteiger partial charge in [0.05, 0.1) is 17.5 Å². The van der Waals surface area contributed by atoms with Crippen LogP contribution in [0.2, 0.25) is 0 Å². The highest BCUT2D eigenvalue weighted by atomic mass is 32.2. The number of carbonyl (C=O) groups excluding carboxylic acids is 1. The van der Waals surface area contributed by atoms with E-state index >= 15 is 0 Å². The van der Waals surface area contributed by atoms with Gasteiger partial charge < -0.3 is 10.2 Å². The predicted molar refractivity (Wildman–Crippen MR) is 80.5 cm³/mol. The van der Waals surface area contributed by atoms with Gasteiger partial charge in [-0.3, -0.25) is 4.79 Å². The minimum Gasteiger partial charge on any atom is -0.325 e. The van der Waals surface area contributed by atoms with Gasteiger partial charge in [0.1, 0.15) is 0 Å². The smallest absolute Gasteiger partial charge is 0.279 e. The number of anilines is 1. The second-order valence-corrected chi connectivity index (χ2v) is 7.16. The summed E-state index contributed by atoms with van der Waals surface area (Å²) in [6.07, 6.45) is 3.51. The van der Waals surface area contributed by atoms with E-state index < -0.39 is 10.0 Å². The Hall–Kier alpha value is -1.44. The molecule has 1 aliphatic heterocycles. The maximum Gasteiger partial charge on any atom is 0.279 e. The monoisotopic (exact) mass is 312 g/mol. The Bertz CT molecular complexity index is 616. The molecule has 2 rings (SSSR count). The van der Waals surface area contributed by atoms with E-state index in [1.165, 1.54) is 23.5 Å². The van der Waals surface area contributed by atoms with Crippen LogP contribution in [-0.4, -0.2) is 33.5 Å². The number of carbonyl (C=O) groups is 1. The Morgan fingerprint density at radius 2 is 2.19 bits per heavy atom. The van der Waals surface area contributed by atoms with E-state index in [-0.39, 0.29) is 10.8 Å². The number of quaternary nitrogens is 1. The first-order chi connectivity index (χ1) is 9.86.